The van der Waals surface area contributed by atoms with E-state index in [1.165, 1.54) is 4.90 Å². The summed E-state index contributed by atoms with van der Waals surface area (Å²) >= 11 is 0. The van der Waals surface area contributed by atoms with Crippen molar-refractivity contribution in [2.45, 2.75) is 32.2 Å². The lowest BCUT2D eigenvalue weighted by Gasteiger charge is -2.32. The predicted octanol–water partition coefficient (Wildman–Crippen LogP) is 0.0127. The lowest BCUT2D eigenvalue weighted by atomic mass is 10.1. The molecule has 1 aliphatic heterocycles. The molecule has 0 aromatic carbocycles. The van der Waals surface area contributed by atoms with Gasteiger partial charge in [-0.3, -0.25) is 4.79 Å². The van der Waals surface area contributed by atoms with Crippen LogP contribution in [0.4, 0.5) is 0 Å². The molecule has 1 atom stereocenters. The summed E-state index contributed by atoms with van der Waals surface area (Å²) in [6, 6.07) is -0.887. The molecule has 1 aromatic heterocycles. The maximum atomic E-state index is 12.0. The second-order valence-electron chi connectivity index (χ2n) is 4.60. The monoisotopic (exact) mass is 283 g/mol. The van der Waals surface area contributed by atoms with Crippen LogP contribution in [-0.4, -0.2) is 57.8 Å². The third-order valence-electron chi connectivity index (χ3n) is 3.08. The van der Waals surface area contributed by atoms with Gasteiger partial charge in [0.25, 0.3) is 0 Å². The van der Waals surface area contributed by atoms with Gasteiger partial charge in [-0.25, -0.2) is 4.79 Å². The number of carbonyl (C=O) groups is 2. The Morgan fingerprint density at radius 1 is 1.50 bits per heavy atom. The van der Waals surface area contributed by atoms with Crippen molar-refractivity contribution >= 4 is 11.9 Å². The van der Waals surface area contributed by atoms with Crippen LogP contribution >= 0.6 is 0 Å². The number of carboxylic acid groups (broad SMARTS) is 1. The lowest BCUT2D eigenvalue weighted by molar-refractivity contribution is -0.158. The van der Waals surface area contributed by atoms with Crippen molar-refractivity contribution in [3.05, 3.63) is 11.7 Å². The van der Waals surface area contributed by atoms with E-state index >= 15 is 0 Å². The van der Waals surface area contributed by atoms with E-state index in [1.54, 1.807) is 6.92 Å². The van der Waals surface area contributed by atoms with Gasteiger partial charge in [0.05, 0.1) is 13.2 Å². The van der Waals surface area contributed by atoms with Gasteiger partial charge in [0.2, 0.25) is 11.8 Å². The molecule has 1 aliphatic rings. The molecule has 1 unspecified atom stereocenters. The van der Waals surface area contributed by atoms with Crippen LogP contribution in [0.25, 0.3) is 0 Å². The SMILES string of the molecule is Cc1noc(CCCC(=O)N2CCOCC2C(=O)O)n1. The van der Waals surface area contributed by atoms with Gasteiger partial charge in [0, 0.05) is 19.4 Å². The molecule has 2 heterocycles. The van der Waals surface area contributed by atoms with Crippen molar-refractivity contribution in [3.63, 3.8) is 0 Å². The fraction of sp³-hybridized carbons (Fsp3) is 0.667. The van der Waals surface area contributed by atoms with E-state index in [0.717, 1.165) is 0 Å². The second-order valence-corrected chi connectivity index (χ2v) is 4.60. The van der Waals surface area contributed by atoms with Crippen molar-refractivity contribution in [3.8, 4) is 0 Å². The van der Waals surface area contributed by atoms with Crippen molar-refractivity contribution < 1.29 is 24.0 Å². The maximum absolute atomic E-state index is 12.0. The smallest absolute Gasteiger partial charge is 0.328 e. The fourth-order valence-corrected chi connectivity index (χ4v) is 2.08. The molecule has 110 valence electrons. The first-order valence-corrected chi connectivity index (χ1v) is 6.47. The Bertz CT molecular complexity index is 487. The first-order valence-electron chi connectivity index (χ1n) is 6.47. The molecule has 0 bridgehead atoms. The number of aryl methyl sites for hydroxylation is 2. The molecule has 0 spiro atoms. The van der Waals surface area contributed by atoms with Gasteiger partial charge in [-0.05, 0) is 13.3 Å². The second kappa shape index (κ2) is 6.47. The van der Waals surface area contributed by atoms with Crippen LogP contribution in [0.2, 0.25) is 0 Å². The van der Waals surface area contributed by atoms with Crippen LogP contribution in [-0.2, 0) is 20.7 Å². The zero-order valence-corrected chi connectivity index (χ0v) is 11.2. The molecule has 0 aliphatic carbocycles. The molecule has 2 rings (SSSR count). The minimum atomic E-state index is -1.04. The Labute approximate surface area is 115 Å². The Hall–Kier alpha value is -1.96. The molecule has 1 fully saturated rings. The van der Waals surface area contributed by atoms with Gasteiger partial charge in [0.1, 0.15) is 0 Å². The van der Waals surface area contributed by atoms with Crippen LogP contribution in [0, 0.1) is 6.92 Å². The highest BCUT2D eigenvalue weighted by atomic mass is 16.5. The minimum Gasteiger partial charge on any atom is -0.480 e. The van der Waals surface area contributed by atoms with Crippen LogP contribution in [0.15, 0.2) is 4.52 Å². The van der Waals surface area contributed by atoms with Crippen LogP contribution in [0.3, 0.4) is 0 Å². The number of aliphatic carboxylic acids is 1. The normalized spacial score (nSPS) is 19.1. The van der Waals surface area contributed by atoms with Gasteiger partial charge in [0.15, 0.2) is 11.9 Å². The zero-order valence-electron chi connectivity index (χ0n) is 11.2. The van der Waals surface area contributed by atoms with Crippen LogP contribution in [0.5, 0.6) is 0 Å². The molecule has 1 saturated heterocycles. The van der Waals surface area contributed by atoms with E-state index in [9.17, 15) is 9.59 Å². The maximum Gasteiger partial charge on any atom is 0.328 e. The summed E-state index contributed by atoms with van der Waals surface area (Å²) in [6.07, 6.45) is 1.31. The number of hydrogen-bond donors (Lipinski definition) is 1. The average Bonchev–Trinajstić information content (AvgIpc) is 2.84. The molecule has 20 heavy (non-hydrogen) atoms. The van der Waals surface area contributed by atoms with E-state index in [1.807, 2.05) is 0 Å². The Kier molecular flexibility index (Phi) is 4.67. The van der Waals surface area contributed by atoms with E-state index in [-0.39, 0.29) is 18.9 Å². The number of carbonyl (C=O) groups excluding carboxylic acids is 1. The number of nitrogens with zero attached hydrogens (tertiary/aromatic N) is 3. The first-order chi connectivity index (χ1) is 9.58. The minimum absolute atomic E-state index is 0.0456. The zero-order chi connectivity index (χ0) is 14.5. The van der Waals surface area contributed by atoms with Crippen molar-refractivity contribution in [2.75, 3.05) is 19.8 Å². The third kappa shape index (κ3) is 3.53. The summed E-state index contributed by atoms with van der Waals surface area (Å²) < 4.78 is 10.0. The Morgan fingerprint density at radius 2 is 2.30 bits per heavy atom. The summed E-state index contributed by atoms with van der Waals surface area (Å²) in [4.78, 5) is 28.5. The highest BCUT2D eigenvalue weighted by molar-refractivity contribution is 5.83. The topological polar surface area (TPSA) is 106 Å². The number of amides is 1. The number of rotatable bonds is 5. The molecule has 8 nitrogen and oxygen atoms in total. The fourth-order valence-electron chi connectivity index (χ4n) is 2.08. The van der Waals surface area contributed by atoms with Gasteiger partial charge in [-0.2, -0.15) is 4.98 Å². The van der Waals surface area contributed by atoms with E-state index in [2.05, 4.69) is 10.1 Å². The van der Waals surface area contributed by atoms with Crippen LogP contribution < -0.4 is 0 Å². The largest absolute Gasteiger partial charge is 0.480 e. The van der Waals surface area contributed by atoms with Crippen molar-refractivity contribution in [1.29, 1.82) is 0 Å². The van der Waals surface area contributed by atoms with Crippen LogP contribution in [0.1, 0.15) is 24.6 Å². The summed E-state index contributed by atoms with van der Waals surface area (Å²) in [5, 5.41) is 12.7. The van der Waals surface area contributed by atoms with Gasteiger partial charge < -0.3 is 19.3 Å². The van der Waals surface area contributed by atoms with Crippen molar-refractivity contribution in [1.82, 2.24) is 15.0 Å². The van der Waals surface area contributed by atoms with E-state index in [0.29, 0.717) is 37.7 Å². The lowest BCUT2D eigenvalue weighted by Crippen LogP contribution is -2.52. The van der Waals surface area contributed by atoms with Gasteiger partial charge in [-0.15, -0.1) is 0 Å². The average molecular weight is 283 g/mol. The van der Waals surface area contributed by atoms with E-state index in [4.69, 9.17) is 14.4 Å². The molecule has 1 N–H and O–H groups in total. The molecular formula is C12H17N3O5. The Balaban J connectivity index is 1.82. The number of aromatic nitrogens is 2. The number of hydrogen-bond acceptors (Lipinski definition) is 6. The summed E-state index contributed by atoms with van der Waals surface area (Å²) in [7, 11) is 0. The number of ether oxygens (including phenoxy) is 1. The Morgan fingerprint density at radius 3 is 2.95 bits per heavy atom. The molecule has 1 amide bonds. The summed E-state index contributed by atoms with van der Waals surface area (Å²) in [5.74, 6) is -0.167. The van der Waals surface area contributed by atoms with Gasteiger partial charge in [-0.1, -0.05) is 5.16 Å². The standard InChI is InChI=1S/C12H17N3O5/c1-8-13-10(20-14-8)3-2-4-11(16)15-5-6-19-7-9(15)12(17)18/h9H,2-7H2,1H3,(H,17,18). The molecular weight excluding hydrogens is 266 g/mol. The summed E-state index contributed by atoms with van der Waals surface area (Å²) in [5.41, 5.74) is 0. The predicted molar refractivity (Wildman–Crippen MR) is 65.9 cm³/mol. The highest BCUT2D eigenvalue weighted by Gasteiger charge is 2.32. The highest BCUT2D eigenvalue weighted by Crippen LogP contribution is 2.11. The third-order valence-corrected chi connectivity index (χ3v) is 3.08. The first kappa shape index (κ1) is 14.4. The van der Waals surface area contributed by atoms with E-state index < -0.39 is 12.0 Å². The molecule has 0 saturated carbocycles. The molecule has 1 aromatic rings. The number of morpholine rings is 1. The van der Waals surface area contributed by atoms with Gasteiger partial charge >= 0.3 is 5.97 Å². The molecule has 0 radical (unpaired) electrons. The summed E-state index contributed by atoms with van der Waals surface area (Å²) in [6.45, 7) is 2.46. The quantitative estimate of drug-likeness (QED) is 0.811. The number of carboxylic acids is 1. The molecule has 8 heteroatoms. The van der Waals surface area contributed by atoms with Crippen molar-refractivity contribution in [2.24, 2.45) is 0 Å².